The van der Waals surface area contributed by atoms with E-state index in [1.165, 1.54) is 0 Å². The Hall–Kier alpha value is -2.34. The number of nitrogens with two attached hydrogens (primary N) is 1. The van der Waals surface area contributed by atoms with Gasteiger partial charge in [0.15, 0.2) is 0 Å². The third-order valence-corrected chi connectivity index (χ3v) is 3.19. The summed E-state index contributed by atoms with van der Waals surface area (Å²) in [6, 6.07) is 6.69. The molecule has 0 aliphatic rings. The quantitative estimate of drug-likeness (QED) is 0.847. The van der Waals surface area contributed by atoms with E-state index in [4.69, 9.17) is 10.5 Å². The van der Waals surface area contributed by atoms with Crippen molar-refractivity contribution in [2.24, 2.45) is 12.8 Å². The number of anilines is 1. The summed E-state index contributed by atoms with van der Waals surface area (Å²) in [5.74, 6) is 1.39. The molecule has 2 rings (SSSR count). The van der Waals surface area contributed by atoms with E-state index in [1.807, 2.05) is 24.7 Å². The lowest BCUT2D eigenvalue weighted by atomic mass is 10.2. The van der Waals surface area contributed by atoms with Gasteiger partial charge in [0.05, 0.1) is 6.04 Å². The van der Waals surface area contributed by atoms with Crippen LogP contribution >= 0.6 is 0 Å². The molecule has 0 fully saturated rings. The Morgan fingerprint density at radius 3 is 2.71 bits per heavy atom. The van der Waals surface area contributed by atoms with Crippen LogP contribution < -0.4 is 15.8 Å². The van der Waals surface area contributed by atoms with Crippen LogP contribution in [-0.4, -0.2) is 21.5 Å². The molecule has 1 aromatic heterocycles. The molecule has 112 valence electrons. The van der Waals surface area contributed by atoms with E-state index in [0.717, 1.165) is 11.6 Å². The number of hydrogen-bond donors (Lipinski definition) is 2. The number of amides is 1. The highest BCUT2D eigenvalue weighted by molar-refractivity contribution is 5.94. The molecule has 0 aliphatic carbocycles. The number of carbonyl (C=O) groups excluding carboxylic acids is 1. The van der Waals surface area contributed by atoms with Crippen LogP contribution in [-0.2, 0) is 18.4 Å². The Balaban J connectivity index is 1.90. The van der Waals surface area contributed by atoms with E-state index >= 15 is 0 Å². The minimum Gasteiger partial charge on any atom is -0.486 e. The molecule has 0 saturated carbocycles. The van der Waals surface area contributed by atoms with Crippen molar-refractivity contribution in [2.75, 3.05) is 5.32 Å². The molecule has 1 amide bonds. The summed E-state index contributed by atoms with van der Waals surface area (Å²) in [5.41, 5.74) is 6.37. The lowest BCUT2D eigenvalue weighted by Crippen LogP contribution is -2.34. The summed E-state index contributed by atoms with van der Waals surface area (Å²) >= 11 is 0. The lowest BCUT2D eigenvalue weighted by Gasteiger charge is -2.11. The zero-order valence-electron chi connectivity index (χ0n) is 12.2. The third-order valence-electron chi connectivity index (χ3n) is 3.19. The average molecular weight is 288 g/mol. The van der Waals surface area contributed by atoms with Gasteiger partial charge in [-0.15, -0.1) is 0 Å². The lowest BCUT2D eigenvalue weighted by molar-refractivity contribution is -0.117. The normalized spacial score (nSPS) is 12.0. The van der Waals surface area contributed by atoms with E-state index < -0.39 is 6.04 Å². The standard InChI is InChI=1S/C15H20N4O2/c1-3-13(16)15(20)18-11-4-6-12(7-5-11)21-10-14-17-8-9-19(14)2/h4-9,13H,3,10,16H2,1-2H3,(H,18,20)/t13-/m0/s1. The molecule has 1 aromatic carbocycles. The number of aromatic nitrogens is 2. The Morgan fingerprint density at radius 1 is 1.43 bits per heavy atom. The third kappa shape index (κ3) is 4.06. The first-order valence-electron chi connectivity index (χ1n) is 6.85. The van der Waals surface area contributed by atoms with Crippen molar-refractivity contribution in [3.05, 3.63) is 42.5 Å². The summed E-state index contributed by atoms with van der Waals surface area (Å²) in [6.07, 6.45) is 4.21. The van der Waals surface area contributed by atoms with Crippen LogP contribution in [0.15, 0.2) is 36.7 Å². The number of hydrogen-bond acceptors (Lipinski definition) is 4. The second kappa shape index (κ2) is 6.90. The monoisotopic (exact) mass is 288 g/mol. The molecule has 21 heavy (non-hydrogen) atoms. The first kappa shape index (κ1) is 15.1. The van der Waals surface area contributed by atoms with Crippen molar-refractivity contribution in [1.82, 2.24) is 9.55 Å². The Labute approximate surface area is 123 Å². The molecule has 0 aliphatic heterocycles. The number of rotatable bonds is 6. The van der Waals surface area contributed by atoms with Gasteiger partial charge in [0.2, 0.25) is 5.91 Å². The first-order valence-corrected chi connectivity index (χ1v) is 6.85. The summed E-state index contributed by atoms with van der Waals surface area (Å²) in [6.45, 7) is 2.27. The van der Waals surface area contributed by atoms with Crippen LogP contribution in [0.4, 0.5) is 5.69 Å². The summed E-state index contributed by atoms with van der Waals surface area (Å²) in [5, 5.41) is 2.76. The molecule has 0 bridgehead atoms. The van der Waals surface area contributed by atoms with E-state index in [-0.39, 0.29) is 5.91 Å². The molecule has 0 radical (unpaired) electrons. The van der Waals surface area contributed by atoms with Crippen molar-refractivity contribution >= 4 is 11.6 Å². The van der Waals surface area contributed by atoms with Crippen molar-refractivity contribution in [3.8, 4) is 5.75 Å². The first-order chi connectivity index (χ1) is 10.1. The molecule has 1 heterocycles. The summed E-state index contributed by atoms with van der Waals surface area (Å²) in [7, 11) is 1.92. The van der Waals surface area contributed by atoms with Crippen LogP contribution in [0.3, 0.4) is 0 Å². The predicted molar refractivity (Wildman–Crippen MR) is 80.9 cm³/mol. The van der Waals surface area contributed by atoms with Gasteiger partial charge in [0.1, 0.15) is 18.2 Å². The molecule has 6 nitrogen and oxygen atoms in total. The predicted octanol–water partition coefficient (Wildman–Crippen LogP) is 1.67. The van der Waals surface area contributed by atoms with Gasteiger partial charge in [0.25, 0.3) is 0 Å². The minimum absolute atomic E-state index is 0.181. The maximum atomic E-state index is 11.7. The highest BCUT2D eigenvalue weighted by Crippen LogP contribution is 2.17. The van der Waals surface area contributed by atoms with Crippen LogP contribution in [0.5, 0.6) is 5.75 Å². The summed E-state index contributed by atoms with van der Waals surface area (Å²) < 4.78 is 7.54. The average Bonchev–Trinajstić information content (AvgIpc) is 2.91. The van der Waals surface area contributed by atoms with E-state index in [1.54, 1.807) is 30.5 Å². The molecular formula is C15H20N4O2. The molecule has 0 spiro atoms. The number of ether oxygens (including phenoxy) is 1. The number of benzene rings is 1. The minimum atomic E-state index is -0.482. The molecule has 1 atom stereocenters. The van der Waals surface area contributed by atoms with Crippen LogP contribution in [0.1, 0.15) is 19.2 Å². The largest absolute Gasteiger partial charge is 0.486 e. The highest BCUT2D eigenvalue weighted by atomic mass is 16.5. The van der Waals surface area contributed by atoms with Crippen molar-refractivity contribution < 1.29 is 9.53 Å². The van der Waals surface area contributed by atoms with Crippen LogP contribution in [0, 0.1) is 0 Å². The summed E-state index contributed by atoms with van der Waals surface area (Å²) in [4.78, 5) is 15.9. The number of nitrogens with one attached hydrogen (secondary N) is 1. The zero-order valence-corrected chi connectivity index (χ0v) is 12.2. The van der Waals surface area contributed by atoms with E-state index in [0.29, 0.717) is 18.7 Å². The van der Waals surface area contributed by atoms with Crippen molar-refractivity contribution in [3.63, 3.8) is 0 Å². The second-order valence-corrected chi connectivity index (χ2v) is 4.77. The zero-order chi connectivity index (χ0) is 15.2. The second-order valence-electron chi connectivity index (χ2n) is 4.77. The van der Waals surface area contributed by atoms with E-state index in [2.05, 4.69) is 10.3 Å². The van der Waals surface area contributed by atoms with Crippen LogP contribution in [0.2, 0.25) is 0 Å². The molecular weight excluding hydrogens is 268 g/mol. The fraction of sp³-hybridized carbons (Fsp3) is 0.333. The van der Waals surface area contributed by atoms with Gasteiger partial charge in [0, 0.05) is 25.1 Å². The van der Waals surface area contributed by atoms with Gasteiger partial charge in [-0.1, -0.05) is 6.92 Å². The fourth-order valence-corrected chi connectivity index (χ4v) is 1.74. The number of imidazole rings is 1. The molecule has 6 heteroatoms. The van der Waals surface area contributed by atoms with Gasteiger partial charge in [-0.2, -0.15) is 0 Å². The van der Waals surface area contributed by atoms with Gasteiger partial charge >= 0.3 is 0 Å². The Morgan fingerprint density at radius 2 is 2.14 bits per heavy atom. The van der Waals surface area contributed by atoms with Gasteiger partial charge in [-0.25, -0.2) is 4.98 Å². The Bertz CT molecular complexity index is 592. The SMILES string of the molecule is CC[C@H](N)C(=O)Nc1ccc(OCc2nccn2C)cc1. The van der Waals surface area contributed by atoms with Crippen molar-refractivity contribution in [1.29, 1.82) is 0 Å². The molecule has 0 saturated heterocycles. The number of nitrogens with zero attached hydrogens (tertiary/aromatic N) is 2. The molecule has 2 aromatic rings. The van der Waals surface area contributed by atoms with Gasteiger partial charge < -0.3 is 20.4 Å². The smallest absolute Gasteiger partial charge is 0.241 e. The van der Waals surface area contributed by atoms with Crippen LogP contribution in [0.25, 0.3) is 0 Å². The fourth-order valence-electron chi connectivity index (χ4n) is 1.74. The number of aryl methyl sites for hydroxylation is 1. The van der Waals surface area contributed by atoms with Crippen molar-refractivity contribution in [2.45, 2.75) is 26.0 Å². The van der Waals surface area contributed by atoms with Gasteiger partial charge in [-0.05, 0) is 30.7 Å². The molecule has 3 N–H and O–H groups in total. The van der Waals surface area contributed by atoms with Gasteiger partial charge in [-0.3, -0.25) is 4.79 Å². The highest BCUT2D eigenvalue weighted by Gasteiger charge is 2.10. The Kier molecular flexibility index (Phi) is 4.94. The maximum Gasteiger partial charge on any atom is 0.241 e. The maximum absolute atomic E-state index is 11.7. The number of carbonyl (C=O) groups is 1. The van der Waals surface area contributed by atoms with E-state index in [9.17, 15) is 4.79 Å². The molecule has 0 unspecified atom stereocenters. The topological polar surface area (TPSA) is 82.2 Å².